The maximum absolute atomic E-state index is 13.1. The first-order valence-electron chi connectivity index (χ1n) is 25.2. The van der Waals surface area contributed by atoms with Gasteiger partial charge in [-0.25, -0.2) is 9.59 Å². The molecule has 0 radical (unpaired) electrons. The topological polar surface area (TPSA) is 179 Å². The Morgan fingerprint density at radius 3 is 1.39 bits per heavy atom. The van der Waals surface area contributed by atoms with E-state index in [4.69, 9.17) is 51.2 Å². The minimum absolute atomic E-state index is 0.0195. The van der Waals surface area contributed by atoms with E-state index in [9.17, 15) is 43.5 Å². The van der Waals surface area contributed by atoms with Crippen LogP contribution in [0.4, 0.5) is 0 Å². The van der Waals surface area contributed by atoms with E-state index in [1.807, 2.05) is 73.6 Å². The molecule has 18 heteroatoms. The highest BCUT2D eigenvalue weighted by molar-refractivity contribution is 6.42. The molecular weight excluding hydrogens is 1030 g/mol. The molecule has 392 valence electrons. The Bertz CT molecular complexity index is 2760. The summed E-state index contributed by atoms with van der Waals surface area (Å²) in [6.07, 6.45) is 7.48. The van der Waals surface area contributed by atoms with Crippen molar-refractivity contribution in [1.82, 2.24) is 19.8 Å². The Kier molecular flexibility index (Phi) is 19.4. The van der Waals surface area contributed by atoms with E-state index in [0.717, 1.165) is 52.8 Å². The maximum atomic E-state index is 13.1. The monoisotopic (exact) mass is 1090 g/mol. The first kappa shape index (κ1) is 55.9. The molecule has 2 saturated heterocycles. The van der Waals surface area contributed by atoms with E-state index in [-0.39, 0.29) is 74.3 Å². The average molecular weight is 1090 g/mol. The van der Waals surface area contributed by atoms with Crippen LogP contribution in [0, 0.1) is 0 Å². The highest BCUT2D eigenvalue weighted by atomic mass is 35.5. The summed E-state index contributed by atoms with van der Waals surface area (Å²) in [6.45, 7) is 0. The first-order chi connectivity index (χ1) is 35.4. The molecular formula is C56H60Cl4N4O10. The number of imide groups is 2. The van der Waals surface area contributed by atoms with Crippen molar-refractivity contribution in [2.75, 3.05) is 14.1 Å². The molecule has 0 saturated carbocycles. The van der Waals surface area contributed by atoms with Crippen LogP contribution in [-0.2, 0) is 43.2 Å². The van der Waals surface area contributed by atoms with Gasteiger partial charge < -0.3 is 19.7 Å². The summed E-state index contributed by atoms with van der Waals surface area (Å²) in [5.74, 6) is -3.22. The van der Waals surface area contributed by atoms with Gasteiger partial charge in [-0.3, -0.25) is 33.7 Å². The fraction of sp³-hybridized carbons (Fsp3) is 0.429. The second-order valence-electron chi connectivity index (χ2n) is 19.3. The lowest BCUT2D eigenvalue weighted by Crippen LogP contribution is -2.44. The fourth-order valence-corrected chi connectivity index (χ4v) is 11.2. The summed E-state index contributed by atoms with van der Waals surface area (Å²) < 4.78 is 0. The third-order valence-electron chi connectivity index (χ3n) is 14.6. The summed E-state index contributed by atoms with van der Waals surface area (Å²) in [4.78, 5) is 106. The summed E-state index contributed by atoms with van der Waals surface area (Å²) in [5, 5.41) is 12.1. The summed E-state index contributed by atoms with van der Waals surface area (Å²) in [7, 11) is 3.68. The van der Waals surface area contributed by atoms with Gasteiger partial charge in [-0.2, -0.15) is 0 Å². The average Bonchev–Trinajstić information content (AvgIpc) is 4.15. The Morgan fingerprint density at radius 2 is 0.959 bits per heavy atom. The normalized spacial score (nSPS) is 19.2. The largest absolute Gasteiger partial charge is 0.480 e. The van der Waals surface area contributed by atoms with Crippen LogP contribution in [0.15, 0.2) is 84.9 Å². The van der Waals surface area contributed by atoms with Crippen molar-refractivity contribution in [1.29, 1.82) is 0 Å². The van der Waals surface area contributed by atoms with E-state index >= 15 is 0 Å². The highest BCUT2D eigenvalue weighted by Crippen LogP contribution is 2.49. The van der Waals surface area contributed by atoms with Gasteiger partial charge >= 0.3 is 11.9 Å². The van der Waals surface area contributed by atoms with Crippen molar-refractivity contribution in [3.05, 3.63) is 138 Å². The number of carboxylic acids is 1. The molecule has 0 aromatic heterocycles. The lowest BCUT2D eigenvalue weighted by atomic mass is 9.93. The second-order valence-corrected chi connectivity index (χ2v) is 20.9. The number of rotatable bonds is 20. The molecule has 5 atom stereocenters. The number of halogens is 4. The first-order valence-corrected chi connectivity index (χ1v) is 26.7. The Morgan fingerprint density at radius 1 is 0.554 bits per heavy atom. The van der Waals surface area contributed by atoms with E-state index in [1.165, 1.54) is 11.1 Å². The van der Waals surface area contributed by atoms with Crippen LogP contribution < -0.4 is 0 Å². The van der Waals surface area contributed by atoms with Crippen LogP contribution in [0.25, 0.3) is 0 Å². The minimum atomic E-state index is -1.17. The Hall–Kier alpha value is -5.80. The fourth-order valence-electron chi connectivity index (χ4n) is 10.5. The van der Waals surface area contributed by atoms with E-state index in [0.29, 0.717) is 70.1 Å². The number of benzene rings is 4. The van der Waals surface area contributed by atoms with Crippen molar-refractivity contribution >= 4 is 93.8 Å². The van der Waals surface area contributed by atoms with Crippen LogP contribution in [0.5, 0.6) is 0 Å². The lowest BCUT2D eigenvalue weighted by molar-refractivity contribution is -0.197. The summed E-state index contributed by atoms with van der Waals surface area (Å²) >= 11 is 24.8. The molecule has 1 N–H and O–H groups in total. The van der Waals surface area contributed by atoms with Gasteiger partial charge in [0.25, 0.3) is 11.8 Å². The second kappa shape index (κ2) is 25.6. The van der Waals surface area contributed by atoms with Gasteiger partial charge in [0.1, 0.15) is 6.04 Å². The SMILES string of the molecule is CN(C(=O)CCCCCC(C(=O)O)N1C(=O)CCC1=O)[C@@H]1C[C@@H](c2ccc(Cl)c(Cl)c2)c2ccccc21.CN(C(=O)CCCCCCC(=O)ON1C(=O)CCC1=O)[C@@H]1C[C@@H](c2ccc(Cl)c(Cl)c2)c2ccccc21. The van der Waals surface area contributed by atoms with Gasteiger partial charge in [0.2, 0.25) is 23.6 Å². The molecule has 4 aromatic carbocycles. The Balaban J connectivity index is 0.000000216. The molecule has 4 aliphatic rings. The van der Waals surface area contributed by atoms with E-state index in [2.05, 4.69) is 24.3 Å². The summed E-state index contributed by atoms with van der Waals surface area (Å²) in [6, 6.07) is 26.5. The van der Waals surface area contributed by atoms with Gasteiger partial charge in [0.15, 0.2) is 0 Å². The molecule has 6 amide bonds. The number of likely N-dealkylation sites (tertiary alicyclic amines) is 1. The molecule has 0 spiro atoms. The van der Waals surface area contributed by atoms with E-state index in [1.54, 1.807) is 11.0 Å². The molecule has 2 aliphatic carbocycles. The molecule has 1 unspecified atom stereocenters. The van der Waals surface area contributed by atoms with Crippen molar-refractivity contribution in [2.45, 2.75) is 139 Å². The molecule has 2 aliphatic heterocycles. The van der Waals surface area contributed by atoms with Crippen LogP contribution >= 0.6 is 46.4 Å². The standard InChI is InChI=1S/2C28H30Cl2N2O5/c1-31(25(33)10-4-2-3-9-23(28(36)37)32-26(34)13-14-27(32)35)24-16-20(18-7-5-6-8-19(18)24)17-11-12-21(29)22(30)15-17;1-31(25(33)10-4-2-3-5-11-28(36)37-32-26(34)14-15-27(32)35)24-17-21(19-8-6-7-9-20(19)24)18-12-13-22(29)23(30)16-18/h5-8,11-12,15,20,23-24H,2-4,9-10,13-14,16H2,1H3,(H,36,37);6-9,12-13,16,21,24H,2-5,10-11,14-15,17H2,1H3/t20-,23?,24+;21-,24+/m00/s1. The van der Waals surface area contributed by atoms with Gasteiger partial charge in [0.05, 0.1) is 32.2 Å². The highest BCUT2D eigenvalue weighted by Gasteiger charge is 2.40. The van der Waals surface area contributed by atoms with E-state index < -0.39 is 41.6 Å². The number of aliphatic carboxylic acids is 1. The third-order valence-corrected chi connectivity index (χ3v) is 16.0. The molecule has 2 fully saturated rings. The molecule has 74 heavy (non-hydrogen) atoms. The predicted octanol–water partition coefficient (Wildman–Crippen LogP) is 11.6. The van der Waals surface area contributed by atoms with Crippen molar-refractivity contribution in [3.8, 4) is 0 Å². The van der Waals surface area contributed by atoms with Crippen molar-refractivity contribution in [2.24, 2.45) is 0 Å². The third kappa shape index (κ3) is 13.3. The van der Waals surface area contributed by atoms with Crippen molar-refractivity contribution in [3.63, 3.8) is 0 Å². The van der Waals surface area contributed by atoms with Crippen molar-refractivity contribution < 1.29 is 48.3 Å². The molecule has 8 rings (SSSR count). The number of nitrogens with zero attached hydrogens (tertiary/aromatic N) is 4. The van der Waals surface area contributed by atoms with Gasteiger partial charge in [-0.15, -0.1) is 5.06 Å². The number of carboxylic acid groups (broad SMARTS) is 1. The zero-order valence-electron chi connectivity index (χ0n) is 41.4. The number of hydrogen-bond acceptors (Lipinski definition) is 9. The lowest BCUT2D eigenvalue weighted by Gasteiger charge is -2.26. The number of fused-ring (bicyclic) bond motifs is 2. The zero-order valence-corrected chi connectivity index (χ0v) is 44.4. The summed E-state index contributed by atoms with van der Waals surface area (Å²) in [5.41, 5.74) is 6.81. The van der Waals surface area contributed by atoms with Crippen LogP contribution in [0.1, 0.15) is 166 Å². The van der Waals surface area contributed by atoms with Gasteiger partial charge in [-0.05, 0) is 96.2 Å². The zero-order chi connectivity index (χ0) is 53.2. The molecule has 2 heterocycles. The Labute approximate surface area is 451 Å². The smallest absolute Gasteiger partial charge is 0.333 e. The number of amides is 6. The number of hydrogen-bond donors (Lipinski definition) is 1. The quantitative estimate of drug-likeness (QED) is 0.0661. The molecule has 0 bridgehead atoms. The van der Waals surface area contributed by atoms with Gasteiger partial charge in [0, 0.05) is 70.9 Å². The van der Waals surface area contributed by atoms with Crippen LogP contribution in [-0.4, -0.2) is 92.4 Å². The molecule has 14 nitrogen and oxygen atoms in total. The van der Waals surface area contributed by atoms with Gasteiger partial charge in [-0.1, -0.05) is 133 Å². The predicted molar refractivity (Wildman–Crippen MR) is 280 cm³/mol. The number of carbonyl (C=O) groups is 8. The van der Waals surface area contributed by atoms with Crippen LogP contribution in [0.3, 0.4) is 0 Å². The minimum Gasteiger partial charge on any atom is -0.480 e. The number of unbranched alkanes of at least 4 members (excludes halogenated alkanes) is 5. The molecule has 4 aromatic rings. The number of carbonyl (C=O) groups excluding carboxylic acids is 7. The number of hydroxylamine groups is 2. The maximum Gasteiger partial charge on any atom is 0.333 e. The van der Waals surface area contributed by atoms with Crippen LogP contribution in [0.2, 0.25) is 20.1 Å².